The van der Waals surface area contributed by atoms with Crippen LogP contribution in [0.2, 0.25) is 5.02 Å². The van der Waals surface area contributed by atoms with Crippen LogP contribution < -0.4 is 10.2 Å². The fourth-order valence-corrected chi connectivity index (χ4v) is 4.74. The van der Waals surface area contributed by atoms with E-state index in [4.69, 9.17) is 16.3 Å². The van der Waals surface area contributed by atoms with Crippen LogP contribution in [-0.2, 0) is 9.53 Å². The Kier molecular flexibility index (Phi) is 6.97. The summed E-state index contributed by atoms with van der Waals surface area (Å²) in [6.07, 6.45) is 0. The van der Waals surface area contributed by atoms with Crippen LogP contribution in [0.3, 0.4) is 0 Å². The van der Waals surface area contributed by atoms with Gasteiger partial charge in [-0.15, -0.1) is 0 Å². The van der Waals surface area contributed by atoms with Crippen molar-refractivity contribution in [3.05, 3.63) is 57.2 Å². The minimum Gasteiger partial charge on any atom is -0.464 e. The molecule has 0 bridgehead atoms. The average Bonchev–Trinajstić information content (AvgIpc) is 3.17. The highest BCUT2D eigenvalue weighted by Crippen LogP contribution is 2.31. The Morgan fingerprint density at radius 3 is 2.58 bits per heavy atom. The maximum atomic E-state index is 13.2. The summed E-state index contributed by atoms with van der Waals surface area (Å²) < 4.78 is 5.76. The number of nitrogens with one attached hydrogen (secondary N) is 2. The number of piperazine rings is 1. The number of fused-ring (bicyclic) bond motifs is 1. The maximum Gasteiger partial charge on any atom is 0.356 e. The second kappa shape index (κ2) is 9.75. The van der Waals surface area contributed by atoms with Crippen molar-refractivity contribution in [1.82, 2.24) is 9.88 Å². The number of methoxy groups -OCH3 is 1. The van der Waals surface area contributed by atoms with Gasteiger partial charge in [0.1, 0.15) is 5.69 Å². The number of hydrogen-bond acceptors (Lipinski definition) is 5. The van der Waals surface area contributed by atoms with Gasteiger partial charge in [0.05, 0.1) is 18.8 Å². The molecule has 1 amide bonds. The average molecular weight is 534 g/mol. The third-order valence-corrected chi connectivity index (χ3v) is 6.88. The first-order valence-electron chi connectivity index (χ1n) is 10.7. The Labute approximate surface area is 206 Å². The molecule has 2 aromatic carbocycles. The van der Waals surface area contributed by atoms with E-state index in [2.05, 4.69) is 43.0 Å². The number of esters is 1. The number of hydrogen-bond donors (Lipinski definition) is 2. The number of aromatic nitrogens is 1. The fourth-order valence-electron chi connectivity index (χ4n) is 4.22. The fraction of sp³-hybridized carbons (Fsp3) is 0.333. The van der Waals surface area contributed by atoms with Crippen LogP contribution in [0.1, 0.15) is 23.0 Å². The molecule has 2 N–H and O–H groups in total. The number of ether oxygens (including phenoxy) is 1. The van der Waals surface area contributed by atoms with Gasteiger partial charge in [-0.05, 0) is 49.7 Å². The molecular weight excluding hydrogens is 508 g/mol. The van der Waals surface area contributed by atoms with Gasteiger partial charge >= 0.3 is 5.97 Å². The van der Waals surface area contributed by atoms with E-state index >= 15 is 0 Å². The molecule has 3 aromatic rings. The topological polar surface area (TPSA) is 77.7 Å². The zero-order valence-electron chi connectivity index (χ0n) is 18.7. The van der Waals surface area contributed by atoms with E-state index in [1.165, 1.54) is 12.7 Å². The van der Waals surface area contributed by atoms with E-state index in [9.17, 15) is 9.59 Å². The summed E-state index contributed by atoms with van der Waals surface area (Å²) in [6.45, 7) is 7.04. The van der Waals surface area contributed by atoms with Crippen LogP contribution in [-0.4, -0.2) is 61.1 Å². The molecule has 9 heteroatoms. The Morgan fingerprint density at radius 2 is 1.88 bits per heavy atom. The Bertz CT molecular complexity index is 1200. The molecule has 0 aliphatic carbocycles. The number of benzene rings is 2. The van der Waals surface area contributed by atoms with Gasteiger partial charge in [-0.1, -0.05) is 33.6 Å². The lowest BCUT2D eigenvalue weighted by molar-refractivity contribution is -0.120. The molecular formula is C24H26BrClN4O3. The smallest absolute Gasteiger partial charge is 0.356 e. The predicted octanol–water partition coefficient (Wildman–Crippen LogP) is 4.83. The third kappa shape index (κ3) is 4.88. The number of carbonyl (C=O) groups excluding carboxylic acids is 2. The summed E-state index contributed by atoms with van der Waals surface area (Å²) in [7, 11) is 1.32. The first-order valence-corrected chi connectivity index (χ1v) is 11.9. The summed E-state index contributed by atoms with van der Waals surface area (Å²) in [5, 5.41) is 4.43. The predicted molar refractivity (Wildman–Crippen MR) is 135 cm³/mol. The SMILES string of the molecule is COC(=O)c1[nH]c2ccc(Br)cc2c1NC(=O)[C@H](C)N1CCN(c2cc(Cl)ccc2C)CC1. The molecule has 174 valence electrons. The van der Waals surface area contributed by atoms with Gasteiger partial charge in [-0.3, -0.25) is 9.69 Å². The zero-order valence-corrected chi connectivity index (χ0v) is 21.1. The monoisotopic (exact) mass is 532 g/mol. The highest BCUT2D eigenvalue weighted by Gasteiger charge is 2.28. The summed E-state index contributed by atoms with van der Waals surface area (Å²) in [4.78, 5) is 33.0. The molecule has 7 nitrogen and oxygen atoms in total. The number of carbonyl (C=O) groups is 2. The van der Waals surface area contributed by atoms with Gasteiger partial charge in [0.2, 0.25) is 5.91 Å². The Hall–Kier alpha value is -2.55. The quantitative estimate of drug-likeness (QED) is 0.460. The molecule has 1 aliphatic heterocycles. The molecule has 2 heterocycles. The Morgan fingerprint density at radius 1 is 1.15 bits per heavy atom. The van der Waals surface area contributed by atoms with Crippen LogP contribution in [0.4, 0.5) is 11.4 Å². The molecule has 0 spiro atoms. The minimum atomic E-state index is -0.532. The van der Waals surface area contributed by atoms with Crippen molar-refractivity contribution in [3.8, 4) is 0 Å². The standard InChI is InChI=1S/C24H26BrClN4O3/c1-14-4-6-17(26)13-20(14)30-10-8-29(9-11-30)15(2)23(31)28-21-18-12-16(25)5-7-19(18)27-22(21)24(32)33-3/h4-7,12-13,15,27H,8-11H2,1-3H3,(H,28,31)/t15-/m0/s1. The molecule has 4 rings (SSSR count). The van der Waals surface area contributed by atoms with Crippen LogP contribution >= 0.6 is 27.5 Å². The van der Waals surface area contributed by atoms with Crippen molar-refractivity contribution in [2.45, 2.75) is 19.9 Å². The van der Waals surface area contributed by atoms with E-state index in [1.54, 1.807) is 0 Å². The van der Waals surface area contributed by atoms with Crippen LogP contribution in [0.5, 0.6) is 0 Å². The van der Waals surface area contributed by atoms with Crippen molar-refractivity contribution in [1.29, 1.82) is 0 Å². The normalized spacial score (nSPS) is 15.5. The van der Waals surface area contributed by atoms with Gasteiger partial charge in [-0.25, -0.2) is 4.79 Å². The van der Waals surface area contributed by atoms with Crippen molar-refractivity contribution in [2.75, 3.05) is 43.5 Å². The summed E-state index contributed by atoms with van der Waals surface area (Å²) in [6, 6.07) is 11.1. The van der Waals surface area contributed by atoms with Crippen molar-refractivity contribution < 1.29 is 14.3 Å². The zero-order chi connectivity index (χ0) is 23.7. The molecule has 0 unspecified atom stereocenters. The summed E-state index contributed by atoms with van der Waals surface area (Å²) >= 11 is 9.65. The molecule has 1 saturated heterocycles. The molecule has 33 heavy (non-hydrogen) atoms. The number of nitrogens with zero attached hydrogens (tertiary/aromatic N) is 2. The molecule has 1 aliphatic rings. The van der Waals surface area contributed by atoms with Crippen LogP contribution in [0, 0.1) is 6.92 Å². The summed E-state index contributed by atoms with van der Waals surface area (Å²) in [5.74, 6) is -0.704. The van der Waals surface area contributed by atoms with Crippen molar-refractivity contribution in [3.63, 3.8) is 0 Å². The summed E-state index contributed by atoms with van der Waals surface area (Å²) in [5.41, 5.74) is 3.72. The van der Waals surface area contributed by atoms with Gasteiger partial charge in [-0.2, -0.15) is 0 Å². The van der Waals surface area contributed by atoms with Crippen LogP contribution in [0.15, 0.2) is 40.9 Å². The van der Waals surface area contributed by atoms with Crippen molar-refractivity contribution in [2.24, 2.45) is 0 Å². The number of aryl methyl sites for hydroxylation is 1. The number of H-pyrrole nitrogens is 1. The maximum absolute atomic E-state index is 13.2. The number of aromatic amines is 1. The van der Waals surface area contributed by atoms with Gasteiger partial charge < -0.3 is 19.9 Å². The first-order chi connectivity index (χ1) is 15.8. The molecule has 1 aromatic heterocycles. The van der Waals surface area contributed by atoms with Crippen molar-refractivity contribution >= 4 is 61.7 Å². The number of rotatable bonds is 5. The lowest BCUT2D eigenvalue weighted by atomic mass is 10.1. The third-order valence-electron chi connectivity index (χ3n) is 6.15. The lowest BCUT2D eigenvalue weighted by Gasteiger charge is -2.39. The Balaban J connectivity index is 1.48. The van der Waals surface area contributed by atoms with Crippen LogP contribution in [0.25, 0.3) is 10.9 Å². The van der Waals surface area contributed by atoms with Gasteiger partial charge in [0.25, 0.3) is 0 Å². The minimum absolute atomic E-state index is 0.173. The number of anilines is 2. The van der Waals surface area contributed by atoms with E-state index < -0.39 is 5.97 Å². The van der Waals surface area contributed by atoms with Gasteiger partial charge in [0, 0.05) is 52.3 Å². The highest BCUT2D eigenvalue weighted by molar-refractivity contribution is 9.10. The highest BCUT2D eigenvalue weighted by atomic mass is 79.9. The second-order valence-corrected chi connectivity index (χ2v) is 9.53. The first kappa shape index (κ1) is 23.6. The number of amides is 1. The van der Waals surface area contributed by atoms with Gasteiger partial charge in [0.15, 0.2) is 0 Å². The second-order valence-electron chi connectivity index (χ2n) is 8.18. The lowest BCUT2D eigenvalue weighted by Crippen LogP contribution is -2.53. The van der Waals surface area contributed by atoms with E-state index in [-0.39, 0.29) is 17.6 Å². The van der Waals surface area contributed by atoms with E-state index in [0.717, 1.165) is 52.3 Å². The molecule has 1 fully saturated rings. The van der Waals surface area contributed by atoms with E-state index in [0.29, 0.717) is 5.69 Å². The molecule has 0 saturated carbocycles. The number of halogens is 2. The van der Waals surface area contributed by atoms with E-state index in [1.807, 2.05) is 43.3 Å². The molecule has 0 radical (unpaired) electrons. The largest absolute Gasteiger partial charge is 0.464 e. The molecule has 1 atom stereocenters.